The Bertz CT molecular complexity index is 1030. The largest absolute Gasteiger partial charge is 0.375 e. The first-order valence-corrected chi connectivity index (χ1v) is 12.4. The minimum atomic E-state index is -3.90. The lowest BCUT2D eigenvalue weighted by Gasteiger charge is -2.24. The van der Waals surface area contributed by atoms with Gasteiger partial charge in [0.2, 0.25) is 5.91 Å². The van der Waals surface area contributed by atoms with Crippen LogP contribution in [-0.2, 0) is 40.5 Å². The Morgan fingerprint density at radius 3 is 2.31 bits per heavy atom. The summed E-state index contributed by atoms with van der Waals surface area (Å²) in [6.07, 6.45) is 5.13. The van der Waals surface area contributed by atoms with E-state index >= 15 is 0 Å². The van der Waals surface area contributed by atoms with Gasteiger partial charge in [-0.15, -0.1) is 11.3 Å². The molecule has 1 atom stereocenters. The highest BCUT2D eigenvalue weighted by Crippen LogP contribution is 2.44. The highest BCUT2D eigenvalue weighted by atomic mass is 35.5. The number of amides is 1. The van der Waals surface area contributed by atoms with E-state index in [1.54, 1.807) is 11.4 Å². The van der Waals surface area contributed by atoms with Gasteiger partial charge in [-0.2, -0.15) is 4.72 Å². The van der Waals surface area contributed by atoms with Crippen LogP contribution in [0.25, 0.3) is 0 Å². The van der Waals surface area contributed by atoms with Gasteiger partial charge >= 0.3 is 0 Å². The molecule has 9 heteroatoms. The molecule has 0 spiro atoms. The van der Waals surface area contributed by atoms with Crippen LogP contribution in [0.1, 0.15) is 48.4 Å². The van der Waals surface area contributed by atoms with E-state index in [2.05, 4.69) is 10.0 Å². The van der Waals surface area contributed by atoms with Crippen LogP contribution in [-0.4, -0.2) is 25.2 Å². The number of benzene rings is 1. The molecule has 3 N–H and O–H groups in total. The van der Waals surface area contributed by atoms with Crippen LogP contribution in [0.2, 0.25) is 5.02 Å². The van der Waals surface area contributed by atoms with Crippen LogP contribution in [0.3, 0.4) is 0 Å². The predicted molar refractivity (Wildman–Crippen MR) is 114 cm³/mol. The van der Waals surface area contributed by atoms with Crippen LogP contribution in [0.15, 0.2) is 21.7 Å². The molecule has 0 saturated carbocycles. The quantitative estimate of drug-likeness (QED) is 0.583. The summed E-state index contributed by atoms with van der Waals surface area (Å²) in [6.45, 7) is 1.29. The fraction of sp³-hybridized carbons (Fsp3) is 0.450. The number of hydrogen-bond acceptors (Lipinski definition) is 5. The molecule has 1 aromatic carbocycles. The third-order valence-corrected chi connectivity index (χ3v) is 8.89. The molecular formula is C20H23ClN2O4S2. The molecule has 0 radical (unpaired) electrons. The Morgan fingerprint density at radius 2 is 1.76 bits per heavy atom. The second-order valence-corrected chi connectivity index (χ2v) is 11.1. The maximum atomic E-state index is 12.7. The summed E-state index contributed by atoms with van der Waals surface area (Å²) in [5.41, 5.74) is 3.31. The van der Waals surface area contributed by atoms with Crippen molar-refractivity contribution in [3.8, 4) is 0 Å². The van der Waals surface area contributed by atoms with E-state index in [0.29, 0.717) is 0 Å². The van der Waals surface area contributed by atoms with Crippen molar-refractivity contribution in [2.45, 2.75) is 61.8 Å². The van der Waals surface area contributed by atoms with Crippen molar-refractivity contribution < 1.29 is 18.3 Å². The van der Waals surface area contributed by atoms with Gasteiger partial charge in [0, 0.05) is 10.7 Å². The molecule has 6 nitrogen and oxygen atoms in total. The summed E-state index contributed by atoms with van der Waals surface area (Å²) >= 11 is 7.65. The first-order valence-electron chi connectivity index (χ1n) is 9.62. The molecule has 0 aliphatic heterocycles. The molecule has 1 unspecified atom stereocenters. The first-order chi connectivity index (χ1) is 13.7. The van der Waals surface area contributed by atoms with Crippen LogP contribution in [0.4, 0.5) is 5.69 Å². The minimum Gasteiger partial charge on any atom is -0.375 e. The molecule has 1 aromatic heterocycles. The van der Waals surface area contributed by atoms with Crippen LogP contribution < -0.4 is 10.0 Å². The number of sulfonamides is 1. The number of carbonyl (C=O) groups is 1. The number of anilines is 1. The van der Waals surface area contributed by atoms with Crippen molar-refractivity contribution in [3.63, 3.8) is 0 Å². The zero-order valence-electron chi connectivity index (χ0n) is 16.0. The van der Waals surface area contributed by atoms with E-state index in [9.17, 15) is 18.3 Å². The lowest BCUT2D eigenvalue weighted by molar-refractivity contribution is -0.120. The van der Waals surface area contributed by atoms with E-state index < -0.39 is 28.1 Å². The second-order valence-electron chi connectivity index (χ2n) is 7.85. The molecule has 0 saturated heterocycles. The summed E-state index contributed by atoms with van der Waals surface area (Å²) in [5, 5.41) is 16.0. The van der Waals surface area contributed by atoms with Crippen molar-refractivity contribution in [2.24, 2.45) is 0 Å². The van der Waals surface area contributed by atoms with Gasteiger partial charge < -0.3 is 10.4 Å². The normalized spacial score (nSPS) is 17.6. The number of hydrogen-bond donors (Lipinski definition) is 3. The number of halogens is 1. The van der Waals surface area contributed by atoms with Crippen LogP contribution in [0.5, 0.6) is 0 Å². The fourth-order valence-corrected chi connectivity index (χ4v) is 7.00. The van der Waals surface area contributed by atoms with Gasteiger partial charge in [0.05, 0.1) is 6.42 Å². The minimum absolute atomic E-state index is 0.0894. The molecule has 29 heavy (non-hydrogen) atoms. The lowest BCUT2D eigenvalue weighted by Crippen LogP contribution is -2.47. The zero-order chi connectivity index (χ0) is 20.8. The number of nitrogens with one attached hydrogen (secondary N) is 2. The average molecular weight is 455 g/mol. The summed E-state index contributed by atoms with van der Waals surface area (Å²) in [4.78, 5) is 12.7. The van der Waals surface area contributed by atoms with Crippen molar-refractivity contribution >= 4 is 44.6 Å². The van der Waals surface area contributed by atoms with Gasteiger partial charge in [-0.25, -0.2) is 8.42 Å². The van der Waals surface area contributed by atoms with Crippen molar-refractivity contribution in [3.05, 3.63) is 44.8 Å². The van der Waals surface area contributed by atoms with Gasteiger partial charge in [0.25, 0.3) is 10.0 Å². The predicted octanol–water partition coefficient (Wildman–Crippen LogP) is 3.39. The van der Waals surface area contributed by atoms with Crippen LogP contribution in [0, 0.1) is 0 Å². The fourth-order valence-electron chi connectivity index (χ4n) is 4.33. The molecule has 4 rings (SSSR count). The monoisotopic (exact) mass is 454 g/mol. The maximum Gasteiger partial charge on any atom is 0.252 e. The molecule has 1 heterocycles. The first kappa shape index (κ1) is 20.8. The Hall–Kier alpha value is -1.45. The van der Waals surface area contributed by atoms with E-state index in [1.807, 2.05) is 0 Å². The highest BCUT2D eigenvalue weighted by Gasteiger charge is 2.33. The summed E-state index contributed by atoms with van der Waals surface area (Å²) in [7, 11) is -3.90. The Kier molecular flexibility index (Phi) is 5.50. The molecule has 1 amide bonds. The van der Waals surface area contributed by atoms with Gasteiger partial charge in [-0.05, 0) is 79.1 Å². The lowest BCUT2D eigenvalue weighted by atomic mass is 9.98. The zero-order valence-corrected chi connectivity index (χ0v) is 18.4. The molecule has 2 aromatic rings. The number of aliphatic hydroxyl groups is 1. The van der Waals surface area contributed by atoms with Crippen molar-refractivity contribution in [1.29, 1.82) is 0 Å². The van der Waals surface area contributed by atoms with Gasteiger partial charge in [0.1, 0.15) is 9.93 Å². The van der Waals surface area contributed by atoms with E-state index in [1.165, 1.54) is 13.0 Å². The third-order valence-electron chi connectivity index (χ3n) is 5.45. The maximum absolute atomic E-state index is 12.7. The SMILES string of the molecule is CC(O)(CC(=O)Nc1c2c(c(Cl)c3c1CCC3)CCC2)NS(=O)(=O)c1cccs1. The second kappa shape index (κ2) is 7.67. The van der Waals surface area contributed by atoms with Gasteiger partial charge in [-0.3, -0.25) is 4.79 Å². The molecule has 0 bridgehead atoms. The molecule has 0 fully saturated rings. The van der Waals surface area contributed by atoms with Gasteiger partial charge in [-0.1, -0.05) is 17.7 Å². The molecule has 2 aliphatic carbocycles. The van der Waals surface area contributed by atoms with E-state index in [0.717, 1.165) is 82.8 Å². The number of rotatable bonds is 6. The molecule has 2 aliphatic rings. The Morgan fingerprint density at radius 1 is 1.17 bits per heavy atom. The number of thiophene rings is 1. The van der Waals surface area contributed by atoms with Crippen molar-refractivity contribution in [2.75, 3.05) is 5.32 Å². The van der Waals surface area contributed by atoms with Crippen LogP contribution >= 0.6 is 22.9 Å². The Labute approximate surface area is 179 Å². The third kappa shape index (κ3) is 4.09. The number of fused-ring (bicyclic) bond motifs is 2. The molecule has 156 valence electrons. The Balaban J connectivity index is 1.54. The van der Waals surface area contributed by atoms with Crippen molar-refractivity contribution in [1.82, 2.24) is 4.72 Å². The van der Waals surface area contributed by atoms with E-state index in [-0.39, 0.29) is 4.21 Å². The summed E-state index contributed by atoms with van der Waals surface area (Å²) < 4.78 is 27.1. The summed E-state index contributed by atoms with van der Waals surface area (Å²) in [6, 6.07) is 3.06. The average Bonchev–Trinajstić information content (AvgIpc) is 3.38. The number of carbonyl (C=O) groups excluding carboxylic acids is 1. The molecular weight excluding hydrogens is 432 g/mol. The standard InChI is InChI=1S/C20H23ClN2O4S2/c1-20(25,23-29(26,27)17-9-4-10-28-17)11-16(24)22-19-14-7-2-5-12(14)18(21)13-6-3-8-15(13)19/h4,9-10,23,25H,2-3,5-8,11H2,1H3,(H,22,24). The van der Waals surface area contributed by atoms with Gasteiger partial charge in [0.15, 0.2) is 0 Å². The smallest absolute Gasteiger partial charge is 0.252 e. The van der Waals surface area contributed by atoms with E-state index in [4.69, 9.17) is 11.6 Å². The summed E-state index contributed by atoms with van der Waals surface area (Å²) in [5.74, 6) is -0.436. The highest BCUT2D eigenvalue weighted by molar-refractivity contribution is 7.91. The topological polar surface area (TPSA) is 95.5 Å².